The molecule has 0 aliphatic carbocycles. The number of nitrogens with zero attached hydrogens (tertiary/aromatic N) is 2. The summed E-state index contributed by atoms with van der Waals surface area (Å²) in [5.74, 6) is -2.89. The lowest BCUT2D eigenvalue weighted by molar-refractivity contribution is 0.105. The zero-order chi connectivity index (χ0) is 16.2. The highest BCUT2D eigenvalue weighted by Gasteiger charge is 2.19. The molecule has 1 aromatic rings. The van der Waals surface area contributed by atoms with Gasteiger partial charge in [-0.15, -0.1) is 0 Å². The number of rotatable bonds is 5. The summed E-state index contributed by atoms with van der Waals surface area (Å²) in [6.45, 7) is 5.62. The fourth-order valence-corrected chi connectivity index (χ4v) is 1.59. The number of allylic oxidation sites excluding steroid dienone is 3. The fourth-order valence-electron chi connectivity index (χ4n) is 1.59. The van der Waals surface area contributed by atoms with Crippen LogP contribution < -0.4 is 5.56 Å². The summed E-state index contributed by atoms with van der Waals surface area (Å²) in [6, 6.07) is 0. The van der Waals surface area contributed by atoms with Gasteiger partial charge in [0.2, 0.25) is 5.82 Å². The Kier molecular flexibility index (Phi) is 5.52. The molecular weight excluding hydrogens is 279 g/mol. The molecule has 1 aromatic heterocycles. The van der Waals surface area contributed by atoms with Crippen molar-refractivity contribution in [1.82, 2.24) is 9.55 Å². The van der Waals surface area contributed by atoms with Crippen LogP contribution in [0.5, 0.6) is 5.88 Å². The van der Waals surface area contributed by atoms with Crippen LogP contribution in [0.2, 0.25) is 0 Å². The van der Waals surface area contributed by atoms with Crippen LogP contribution in [0.25, 0.3) is 5.57 Å². The summed E-state index contributed by atoms with van der Waals surface area (Å²) < 4.78 is 19.3. The number of aromatic nitrogens is 2. The Morgan fingerprint density at radius 2 is 2.10 bits per heavy atom. The lowest BCUT2D eigenvalue weighted by Crippen LogP contribution is -2.25. The molecule has 7 heteroatoms. The summed E-state index contributed by atoms with van der Waals surface area (Å²) in [5, 5.41) is 19.4. The van der Waals surface area contributed by atoms with Gasteiger partial charge in [0.05, 0.1) is 12.2 Å². The first-order valence-corrected chi connectivity index (χ1v) is 6.52. The molecule has 6 nitrogen and oxygen atoms in total. The monoisotopic (exact) mass is 298 g/mol. The van der Waals surface area contributed by atoms with Crippen molar-refractivity contribution >= 4 is 5.57 Å². The SMILES string of the molecule is CCO/C(O)=C(/C=C(C)CC)c1nc(O)c(F)c(=O)n1C. The van der Waals surface area contributed by atoms with Crippen molar-refractivity contribution in [2.24, 2.45) is 7.05 Å². The van der Waals surface area contributed by atoms with Crippen LogP contribution in [0.3, 0.4) is 0 Å². The highest BCUT2D eigenvalue weighted by Crippen LogP contribution is 2.22. The maximum Gasteiger partial charge on any atom is 0.293 e. The Hall–Kier alpha value is -2.31. The van der Waals surface area contributed by atoms with Crippen LogP contribution in [-0.2, 0) is 11.8 Å². The van der Waals surface area contributed by atoms with Crippen molar-refractivity contribution in [1.29, 1.82) is 0 Å². The first kappa shape index (κ1) is 16.7. The average Bonchev–Trinajstić information content (AvgIpc) is 2.46. The van der Waals surface area contributed by atoms with Crippen LogP contribution >= 0.6 is 0 Å². The van der Waals surface area contributed by atoms with Crippen LogP contribution in [0, 0.1) is 5.82 Å². The Morgan fingerprint density at radius 1 is 1.48 bits per heavy atom. The number of aromatic hydroxyl groups is 1. The molecule has 1 heterocycles. The minimum atomic E-state index is -1.34. The van der Waals surface area contributed by atoms with Crippen molar-refractivity contribution in [2.45, 2.75) is 27.2 Å². The zero-order valence-corrected chi connectivity index (χ0v) is 12.5. The molecule has 0 fully saturated rings. The molecule has 116 valence electrons. The van der Waals surface area contributed by atoms with Crippen molar-refractivity contribution in [2.75, 3.05) is 6.61 Å². The van der Waals surface area contributed by atoms with E-state index in [4.69, 9.17) is 4.74 Å². The molecule has 0 amide bonds. The van der Waals surface area contributed by atoms with Gasteiger partial charge in [0.25, 0.3) is 17.4 Å². The number of aliphatic hydroxyl groups excluding tert-OH is 1. The predicted octanol–water partition coefficient (Wildman–Crippen LogP) is 2.24. The number of hydrogen-bond donors (Lipinski definition) is 2. The van der Waals surface area contributed by atoms with Gasteiger partial charge in [0.1, 0.15) is 0 Å². The molecule has 0 bridgehead atoms. The van der Waals surface area contributed by atoms with Crippen LogP contribution in [0.15, 0.2) is 22.4 Å². The van der Waals surface area contributed by atoms with Gasteiger partial charge in [-0.1, -0.05) is 12.5 Å². The van der Waals surface area contributed by atoms with Crippen LogP contribution in [-0.4, -0.2) is 26.4 Å². The maximum absolute atomic E-state index is 13.3. The average molecular weight is 298 g/mol. The standard InChI is InChI=1S/C14H19FN2O4/c1-5-8(3)7-9(14(20)21-6-2)11-16-12(18)10(15)13(19)17(11)4/h7,18,20H,5-6H2,1-4H3/b8-7?,14-9-. The number of hydrogen-bond acceptors (Lipinski definition) is 5. The van der Waals surface area contributed by atoms with Gasteiger partial charge in [-0.2, -0.15) is 9.37 Å². The lowest BCUT2D eigenvalue weighted by Gasteiger charge is -2.12. The van der Waals surface area contributed by atoms with Gasteiger partial charge in [-0.25, -0.2) is 0 Å². The third-order valence-electron chi connectivity index (χ3n) is 2.92. The number of ether oxygens (including phenoxy) is 1. The second kappa shape index (κ2) is 6.92. The van der Waals surface area contributed by atoms with Crippen molar-refractivity contribution in [3.05, 3.63) is 39.6 Å². The molecule has 0 atom stereocenters. The topological polar surface area (TPSA) is 84.6 Å². The third-order valence-corrected chi connectivity index (χ3v) is 2.92. The Bertz CT molecular complexity index is 647. The molecular formula is C14H19FN2O4. The molecule has 2 N–H and O–H groups in total. The summed E-state index contributed by atoms with van der Waals surface area (Å²) >= 11 is 0. The quantitative estimate of drug-likeness (QED) is 0.643. The van der Waals surface area contributed by atoms with Crippen molar-refractivity contribution in [3.63, 3.8) is 0 Å². The van der Waals surface area contributed by atoms with E-state index >= 15 is 0 Å². The fraction of sp³-hybridized carbons (Fsp3) is 0.429. The molecule has 0 aliphatic heterocycles. The molecule has 1 rings (SSSR count). The van der Waals surface area contributed by atoms with Crippen molar-refractivity contribution in [3.8, 4) is 5.88 Å². The van der Waals surface area contributed by atoms with E-state index in [9.17, 15) is 19.4 Å². The molecule has 0 radical (unpaired) electrons. The molecule has 21 heavy (non-hydrogen) atoms. The second-order valence-corrected chi connectivity index (χ2v) is 4.43. The van der Waals surface area contributed by atoms with E-state index in [0.717, 1.165) is 10.1 Å². The zero-order valence-electron chi connectivity index (χ0n) is 12.5. The minimum Gasteiger partial charge on any atom is -0.491 e. The minimum absolute atomic E-state index is 0.0855. The Morgan fingerprint density at radius 3 is 2.62 bits per heavy atom. The van der Waals surface area contributed by atoms with Gasteiger partial charge in [-0.3, -0.25) is 9.36 Å². The highest BCUT2D eigenvalue weighted by molar-refractivity contribution is 5.71. The lowest BCUT2D eigenvalue weighted by atomic mass is 10.1. The van der Waals surface area contributed by atoms with E-state index in [1.165, 1.54) is 7.05 Å². The van der Waals surface area contributed by atoms with Crippen LogP contribution in [0.4, 0.5) is 4.39 Å². The van der Waals surface area contributed by atoms with Gasteiger partial charge < -0.3 is 14.9 Å². The molecule has 0 saturated heterocycles. The summed E-state index contributed by atoms with van der Waals surface area (Å²) in [5.41, 5.74) is -0.0535. The summed E-state index contributed by atoms with van der Waals surface area (Å²) in [6.07, 6.45) is 2.27. The van der Waals surface area contributed by atoms with E-state index in [0.29, 0.717) is 6.42 Å². The van der Waals surface area contributed by atoms with E-state index in [-0.39, 0.29) is 18.0 Å². The second-order valence-electron chi connectivity index (χ2n) is 4.43. The summed E-state index contributed by atoms with van der Waals surface area (Å²) in [4.78, 5) is 15.3. The molecule has 0 unspecified atom stereocenters. The molecule has 0 saturated carbocycles. The number of aliphatic hydroxyl groups is 1. The van der Waals surface area contributed by atoms with Gasteiger partial charge in [0.15, 0.2) is 5.82 Å². The van der Waals surface area contributed by atoms with Crippen LogP contribution in [0.1, 0.15) is 33.0 Å². The smallest absolute Gasteiger partial charge is 0.293 e. The van der Waals surface area contributed by atoms with Crippen molar-refractivity contribution < 1.29 is 19.3 Å². The maximum atomic E-state index is 13.3. The highest BCUT2D eigenvalue weighted by atomic mass is 19.1. The Balaban J connectivity index is 3.63. The van der Waals surface area contributed by atoms with Gasteiger partial charge in [0, 0.05) is 7.05 Å². The summed E-state index contributed by atoms with van der Waals surface area (Å²) in [7, 11) is 1.29. The van der Waals surface area contributed by atoms with Gasteiger partial charge in [-0.05, 0) is 26.3 Å². The predicted molar refractivity (Wildman–Crippen MR) is 76.3 cm³/mol. The van der Waals surface area contributed by atoms with E-state index < -0.39 is 23.2 Å². The van der Waals surface area contributed by atoms with E-state index in [2.05, 4.69) is 4.98 Å². The first-order chi connectivity index (χ1) is 9.83. The van der Waals surface area contributed by atoms with E-state index in [1.54, 1.807) is 13.0 Å². The largest absolute Gasteiger partial charge is 0.491 e. The third kappa shape index (κ3) is 3.62. The Labute approximate surface area is 121 Å². The molecule has 0 spiro atoms. The molecule has 0 aromatic carbocycles. The normalized spacial score (nSPS) is 13.1. The van der Waals surface area contributed by atoms with Gasteiger partial charge >= 0.3 is 0 Å². The molecule has 0 aliphatic rings. The van der Waals surface area contributed by atoms with E-state index in [1.807, 2.05) is 13.8 Å². The first-order valence-electron chi connectivity index (χ1n) is 6.52. The number of halogens is 1.